The first kappa shape index (κ1) is 27.7. The average molecular weight is 504 g/mol. The van der Waals surface area contributed by atoms with Crippen LogP contribution >= 0.6 is 0 Å². The number of carbonyl (C=O) groups excluding carboxylic acids is 2. The molecule has 1 heterocycles. The molecule has 196 valence electrons. The molecule has 0 aliphatic rings. The molecule has 0 aliphatic carbocycles. The fourth-order valence-electron chi connectivity index (χ4n) is 4.08. The van der Waals surface area contributed by atoms with E-state index in [1.54, 1.807) is 29.3 Å². The largest absolute Gasteiger partial charge is 0.504 e. The summed E-state index contributed by atoms with van der Waals surface area (Å²) < 4.78 is 5.85. The van der Waals surface area contributed by atoms with Gasteiger partial charge >= 0.3 is 0 Å². The second-order valence-corrected chi connectivity index (χ2v) is 9.19. The molecular formula is C30H37N3O4. The van der Waals surface area contributed by atoms with Crippen molar-refractivity contribution in [2.45, 2.75) is 52.7 Å². The Morgan fingerprint density at radius 1 is 1.03 bits per heavy atom. The third kappa shape index (κ3) is 7.81. The monoisotopic (exact) mass is 503 g/mol. The van der Waals surface area contributed by atoms with Gasteiger partial charge in [0.05, 0.1) is 5.56 Å². The van der Waals surface area contributed by atoms with Gasteiger partial charge in [-0.2, -0.15) is 0 Å². The topological polar surface area (TPSA) is 91.8 Å². The van der Waals surface area contributed by atoms with Crippen molar-refractivity contribution in [3.63, 3.8) is 0 Å². The van der Waals surface area contributed by atoms with Gasteiger partial charge in [0.1, 0.15) is 12.6 Å². The molecule has 1 aromatic heterocycles. The number of para-hydroxylation sites is 1. The predicted molar refractivity (Wildman–Crippen MR) is 144 cm³/mol. The molecule has 3 rings (SSSR count). The van der Waals surface area contributed by atoms with Crippen LogP contribution in [0.4, 0.5) is 0 Å². The van der Waals surface area contributed by atoms with Crippen molar-refractivity contribution < 1.29 is 19.4 Å². The first-order valence-electron chi connectivity index (χ1n) is 12.9. The normalized spacial score (nSPS) is 12.4. The van der Waals surface area contributed by atoms with Gasteiger partial charge in [-0.15, -0.1) is 0 Å². The van der Waals surface area contributed by atoms with E-state index in [4.69, 9.17) is 4.74 Å². The van der Waals surface area contributed by atoms with Crippen LogP contribution < -0.4 is 10.1 Å². The molecule has 0 aliphatic heterocycles. The number of benzene rings is 2. The average Bonchev–Trinajstić information content (AvgIpc) is 2.94. The van der Waals surface area contributed by atoms with Gasteiger partial charge in [0, 0.05) is 25.5 Å². The second-order valence-electron chi connectivity index (χ2n) is 9.19. The molecule has 0 saturated carbocycles. The Bertz CT molecular complexity index is 1140. The number of phenolic OH excluding ortho intramolecular Hbond substituents is 1. The van der Waals surface area contributed by atoms with Crippen LogP contribution in [-0.4, -0.2) is 45.9 Å². The number of rotatable bonds is 13. The highest BCUT2D eigenvalue weighted by molar-refractivity contribution is 5.97. The van der Waals surface area contributed by atoms with Gasteiger partial charge < -0.3 is 20.1 Å². The maximum absolute atomic E-state index is 13.6. The van der Waals surface area contributed by atoms with Gasteiger partial charge in [0.25, 0.3) is 5.91 Å². The Balaban J connectivity index is 1.70. The van der Waals surface area contributed by atoms with Crippen molar-refractivity contribution >= 4 is 11.8 Å². The minimum absolute atomic E-state index is 0.0457. The van der Waals surface area contributed by atoms with E-state index in [-0.39, 0.29) is 23.5 Å². The highest BCUT2D eigenvalue weighted by atomic mass is 16.5. The highest BCUT2D eigenvalue weighted by Gasteiger charge is 2.30. The lowest BCUT2D eigenvalue weighted by Crippen LogP contribution is -2.52. The van der Waals surface area contributed by atoms with E-state index in [2.05, 4.69) is 10.3 Å². The summed E-state index contributed by atoms with van der Waals surface area (Å²) in [6.07, 6.45) is 5.08. The SMILES string of the molecule is CCCN(CCc1cccc(OCc2ccccc2)c1O)C(=O)[C@@H](NC(=O)c1cccnc1)C(C)CC. The van der Waals surface area contributed by atoms with E-state index in [1.807, 2.05) is 63.2 Å². The number of hydrogen-bond donors (Lipinski definition) is 2. The maximum Gasteiger partial charge on any atom is 0.253 e. The van der Waals surface area contributed by atoms with Crippen molar-refractivity contribution in [1.29, 1.82) is 0 Å². The zero-order valence-corrected chi connectivity index (χ0v) is 21.9. The summed E-state index contributed by atoms with van der Waals surface area (Å²) in [6.45, 7) is 7.31. The Labute approximate surface area is 219 Å². The molecule has 2 aromatic carbocycles. The number of carbonyl (C=O) groups is 2. The number of nitrogens with zero attached hydrogens (tertiary/aromatic N) is 2. The van der Waals surface area contributed by atoms with Crippen molar-refractivity contribution in [1.82, 2.24) is 15.2 Å². The van der Waals surface area contributed by atoms with E-state index in [0.29, 0.717) is 43.0 Å². The van der Waals surface area contributed by atoms with Gasteiger partial charge in [0.2, 0.25) is 5.91 Å². The van der Waals surface area contributed by atoms with Gasteiger partial charge in [-0.3, -0.25) is 14.6 Å². The van der Waals surface area contributed by atoms with Crippen molar-refractivity contribution in [3.05, 3.63) is 89.7 Å². The molecule has 2 amide bonds. The molecule has 3 aromatic rings. The quantitative estimate of drug-likeness (QED) is 0.343. The molecule has 0 radical (unpaired) electrons. The Kier molecular flexibility index (Phi) is 10.5. The number of hydrogen-bond acceptors (Lipinski definition) is 5. The lowest BCUT2D eigenvalue weighted by Gasteiger charge is -2.31. The molecule has 2 atom stereocenters. The summed E-state index contributed by atoms with van der Waals surface area (Å²) in [5.74, 6) is 0.0192. The zero-order valence-electron chi connectivity index (χ0n) is 21.9. The third-order valence-corrected chi connectivity index (χ3v) is 6.47. The number of aromatic hydroxyl groups is 1. The van der Waals surface area contributed by atoms with E-state index < -0.39 is 6.04 Å². The van der Waals surface area contributed by atoms with Gasteiger partial charge in [-0.05, 0) is 48.1 Å². The second kappa shape index (κ2) is 14.0. The number of amides is 2. The highest BCUT2D eigenvalue weighted by Crippen LogP contribution is 2.31. The van der Waals surface area contributed by atoms with E-state index in [9.17, 15) is 14.7 Å². The number of aromatic nitrogens is 1. The van der Waals surface area contributed by atoms with E-state index >= 15 is 0 Å². The van der Waals surface area contributed by atoms with Crippen molar-refractivity contribution in [2.24, 2.45) is 5.92 Å². The molecule has 1 unspecified atom stereocenters. The fourth-order valence-corrected chi connectivity index (χ4v) is 4.08. The van der Waals surface area contributed by atoms with Crippen LogP contribution in [0.2, 0.25) is 0 Å². The molecule has 37 heavy (non-hydrogen) atoms. The number of pyridine rings is 1. The zero-order chi connectivity index (χ0) is 26.6. The van der Waals surface area contributed by atoms with E-state index in [1.165, 1.54) is 6.20 Å². The summed E-state index contributed by atoms with van der Waals surface area (Å²) in [5.41, 5.74) is 2.14. The number of nitrogens with one attached hydrogen (secondary N) is 1. The molecule has 0 fully saturated rings. The van der Waals surface area contributed by atoms with Crippen LogP contribution in [0.5, 0.6) is 11.5 Å². The summed E-state index contributed by atoms with van der Waals surface area (Å²) >= 11 is 0. The predicted octanol–water partition coefficient (Wildman–Crippen LogP) is 4.99. The van der Waals surface area contributed by atoms with Crippen molar-refractivity contribution in [3.8, 4) is 11.5 Å². The van der Waals surface area contributed by atoms with Crippen LogP contribution in [0.1, 0.15) is 55.1 Å². The Hall–Kier alpha value is -3.87. The molecule has 0 saturated heterocycles. The van der Waals surface area contributed by atoms with Crippen LogP contribution in [0.15, 0.2) is 73.1 Å². The Morgan fingerprint density at radius 3 is 2.49 bits per heavy atom. The summed E-state index contributed by atoms with van der Waals surface area (Å²) in [6, 6.07) is 17.9. The molecule has 0 spiro atoms. The Morgan fingerprint density at radius 2 is 1.81 bits per heavy atom. The minimum atomic E-state index is -0.654. The fraction of sp³-hybridized carbons (Fsp3) is 0.367. The lowest BCUT2D eigenvalue weighted by molar-refractivity contribution is -0.134. The van der Waals surface area contributed by atoms with Crippen LogP contribution in [0.25, 0.3) is 0 Å². The van der Waals surface area contributed by atoms with Crippen LogP contribution in [0, 0.1) is 5.92 Å². The van der Waals surface area contributed by atoms with Crippen LogP contribution in [0.3, 0.4) is 0 Å². The number of phenols is 1. The van der Waals surface area contributed by atoms with Crippen LogP contribution in [-0.2, 0) is 17.8 Å². The van der Waals surface area contributed by atoms with Crippen molar-refractivity contribution in [2.75, 3.05) is 13.1 Å². The summed E-state index contributed by atoms with van der Waals surface area (Å²) in [7, 11) is 0. The maximum atomic E-state index is 13.6. The van der Waals surface area contributed by atoms with Gasteiger partial charge in [0.15, 0.2) is 11.5 Å². The van der Waals surface area contributed by atoms with E-state index in [0.717, 1.165) is 18.4 Å². The summed E-state index contributed by atoms with van der Waals surface area (Å²) in [5, 5.41) is 13.8. The minimum Gasteiger partial charge on any atom is -0.504 e. The first-order valence-corrected chi connectivity index (χ1v) is 12.9. The summed E-state index contributed by atoms with van der Waals surface area (Å²) in [4.78, 5) is 32.2. The third-order valence-electron chi connectivity index (χ3n) is 6.47. The molecule has 0 bridgehead atoms. The lowest BCUT2D eigenvalue weighted by atomic mass is 9.97. The molecule has 7 heteroatoms. The standard InChI is InChI=1S/C30H37N3O4/c1-4-18-33(30(36)27(22(3)5-2)32-29(35)25-14-10-17-31-20-25)19-16-24-13-9-15-26(28(24)34)37-21-23-11-7-6-8-12-23/h6-15,17,20,22,27,34H,4-5,16,18-19,21H2,1-3H3,(H,32,35)/t22?,27-/m0/s1. The first-order chi connectivity index (χ1) is 17.9. The number of ether oxygens (including phenoxy) is 1. The van der Waals surface area contributed by atoms with Gasteiger partial charge in [-0.1, -0.05) is 69.7 Å². The molecule has 2 N–H and O–H groups in total. The molecular weight excluding hydrogens is 466 g/mol. The smallest absolute Gasteiger partial charge is 0.253 e. The molecule has 7 nitrogen and oxygen atoms in total. The van der Waals surface area contributed by atoms with Gasteiger partial charge in [-0.25, -0.2) is 0 Å².